The van der Waals surface area contributed by atoms with Crippen molar-refractivity contribution in [1.82, 2.24) is 9.97 Å². The minimum atomic E-state index is -0.366. The highest BCUT2D eigenvalue weighted by molar-refractivity contribution is 6.42. The third kappa shape index (κ3) is 2.60. The Morgan fingerprint density at radius 2 is 1.52 bits per heavy atom. The van der Waals surface area contributed by atoms with E-state index in [0.717, 1.165) is 0 Å². The number of hydrogen-bond donors (Lipinski definition) is 0. The molecule has 1 heterocycles. The summed E-state index contributed by atoms with van der Waals surface area (Å²) in [5.74, 6) is -0.366. The molecule has 0 radical (unpaired) electrons. The minimum Gasteiger partial charge on any atom is -0.296 e. The molecular weight excluding hydrogens is 314 g/mol. The van der Waals surface area contributed by atoms with Crippen LogP contribution in [0.1, 0.15) is 10.5 Å². The Balaban J connectivity index is 2.28. The average Bonchev–Trinajstić information content (AvgIpc) is 2.48. The number of halogens is 3. The van der Waals surface area contributed by atoms with Gasteiger partial charge in [0.15, 0.2) is 6.29 Å². The average molecular weight is 321 g/mol. The summed E-state index contributed by atoms with van der Waals surface area (Å²) < 4.78 is 13.0. The van der Waals surface area contributed by atoms with Gasteiger partial charge in [0.05, 0.1) is 21.1 Å². The molecule has 104 valence electrons. The van der Waals surface area contributed by atoms with Gasteiger partial charge in [-0.3, -0.25) is 4.79 Å². The molecule has 0 bridgehead atoms. The normalized spacial score (nSPS) is 10.8. The quantitative estimate of drug-likeness (QED) is 0.650. The fourth-order valence-corrected chi connectivity index (χ4v) is 2.28. The molecular formula is C15H7Cl2FN2O. The number of benzene rings is 2. The minimum absolute atomic E-state index is 0.160. The first-order valence-electron chi connectivity index (χ1n) is 5.96. The Morgan fingerprint density at radius 3 is 2.10 bits per heavy atom. The second kappa shape index (κ2) is 5.39. The summed E-state index contributed by atoms with van der Waals surface area (Å²) in [4.78, 5) is 19.8. The lowest BCUT2D eigenvalue weighted by Gasteiger charge is -2.07. The van der Waals surface area contributed by atoms with Crippen LogP contribution < -0.4 is 0 Å². The van der Waals surface area contributed by atoms with E-state index in [1.54, 1.807) is 12.1 Å². The van der Waals surface area contributed by atoms with Crippen molar-refractivity contribution in [3.05, 3.63) is 58.0 Å². The smallest absolute Gasteiger partial charge is 0.170 e. The summed E-state index contributed by atoms with van der Waals surface area (Å²) in [5, 5.41) is 0.687. The molecule has 0 unspecified atom stereocenters. The van der Waals surface area contributed by atoms with Crippen LogP contribution in [0.3, 0.4) is 0 Å². The van der Waals surface area contributed by atoms with Crippen LogP contribution in [0.2, 0.25) is 10.0 Å². The molecule has 0 aliphatic carbocycles. The van der Waals surface area contributed by atoms with Gasteiger partial charge in [-0.2, -0.15) is 0 Å². The lowest BCUT2D eigenvalue weighted by molar-refractivity contribution is 0.111. The molecule has 0 saturated heterocycles. The Kier molecular flexibility index (Phi) is 3.57. The molecule has 0 N–H and O–H groups in total. The Bertz CT molecular complexity index is 850. The zero-order valence-electron chi connectivity index (χ0n) is 10.5. The van der Waals surface area contributed by atoms with E-state index < -0.39 is 0 Å². The maximum Gasteiger partial charge on any atom is 0.170 e. The van der Waals surface area contributed by atoms with Crippen LogP contribution in [0.4, 0.5) is 4.39 Å². The van der Waals surface area contributed by atoms with Crippen LogP contribution in [-0.4, -0.2) is 16.3 Å². The van der Waals surface area contributed by atoms with Crippen molar-refractivity contribution >= 4 is 40.5 Å². The summed E-state index contributed by atoms with van der Waals surface area (Å²) in [6, 6.07) is 8.79. The van der Waals surface area contributed by atoms with E-state index in [1.165, 1.54) is 24.3 Å². The lowest BCUT2D eigenvalue weighted by Crippen LogP contribution is -1.98. The van der Waals surface area contributed by atoms with Crippen LogP contribution in [0.5, 0.6) is 0 Å². The van der Waals surface area contributed by atoms with Crippen LogP contribution in [0.25, 0.3) is 22.3 Å². The van der Waals surface area contributed by atoms with Crippen molar-refractivity contribution in [3.63, 3.8) is 0 Å². The molecule has 0 aliphatic heterocycles. The molecule has 0 spiro atoms. The molecule has 0 fully saturated rings. The fraction of sp³-hybridized carbons (Fsp3) is 0. The van der Waals surface area contributed by atoms with Crippen molar-refractivity contribution in [1.29, 1.82) is 0 Å². The largest absolute Gasteiger partial charge is 0.296 e. The number of hydrogen-bond acceptors (Lipinski definition) is 3. The molecule has 3 nitrogen and oxygen atoms in total. The number of carbonyl (C=O) groups excluding carboxylic acids is 1. The molecule has 3 aromatic rings. The summed E-state index contributed by atoms with van der Waals surface area (Å²) >= 11 is 11.9. The van der Waals surface area contributed by atoms with Crippen molar-refractivity contribution in [2.75, 3.05) is 0 Å². The van der Waals surface area contributed by atoms with Crippen molar-refractivity contribution < 1.29 is 9.18 Å². The Labute approximate surface area is 129 Å². The van der Waals surface area contributed by atoms with Crippen molar-refractivity contribution in [3.8, 4) is 11.3 Å². The number of aromatic nitrogens is 2. The molecule has 2 aromatic carbocycles. The first kappa shape index (κ1) is 13.9. The maximum atomic E-state index is 13.0. The molecule has 6 heteroatoms. The second-order valence-corrected chi connectivity index (χ2v) is 5.15. The van der Waals surface area contributed by atoms with Crippen LogP contribution in [0.15, 0.2) is 36.4 Å². The highest BCUT2D eigenvalue weighted by atomic mass is 35.5. The number of fused-ring (bicyclic) bond motifs is 1. The number of carbonyl (C=O) groups is 1. The standard InChI is InChI=1S/C15H7Cl2FN2O/c16-10-5-12-13(6-11(10)17)20-15(14(7-21)19-12)8-1-3-9(18)4-2-8/h1-7H. The van der Waals surface area contributed by atoms with Crippen LogP contribution in [-0.2, 0) is 0 Å². The zero-order chi connectivity index (χ0) is 15.0. The van der Waals surface area contributed by atoms with Gasteiger partial charge in [-0.25, -0.2) is 14.4 Å². The van der Waals surface area contributed by atoms with Gasteiger partial charge in [0.25, 0.3) is 0 Å². The van der Waals surface area contributed by atoms with Gasteiger partial charge in [0, 0.05) is 5.56 Å². The highest BCUT2D eigenvalue weighted by Crippen LogP contribution is 2.29. The van der Waals surface area contributed by atoms with E-state index >= 15 is 0 Å². The molecule has 0 atom stereocenters. The van der Waals surface area contributed by atoms with Gasteiger partial charge in [-0.05, 0) is 36.4 Å². The predicted octanol–water partition coefficient (Wildman–Crippen LogP) is 4.56. The number of nitrogens with zero attached hydrogens (tertiary/aromatic N) is 2. The van der Waals surface area contributed by atoms with Gasteiger partial charge in [-0.1, -0.05) is 23.2 Å². The lowest BCUT2D eigenvalue weighted by atomic mass is 10.1. The third-order valence-electron chi connectivity index (χ3n) is 2.96. The SMILES string of the molecule is O=Cc1nc2cc(Cl)c(Cl)cc2nc1-c1ccc(F)cc1. The highest BCUT2D eigenvalue weighted by Gasteiger charge is 2.12. The first-order valence-corrected chi connectivity index (χ1v) is 6.72. The van der Waals surface area contributed by atoms with Gasteiger partial charge >= 0.3 is 0 Å². The summed E-state index contributed by atoms with van der Waals surface area (Å²) in [5.41, 5.74) is 2.11. The summed E-state index contributed by atoms with van der Waals surface area (Å²) in [6.07, 6.45) is 0.605. The monoisotopic (exact) mass is 320 g/mol. The van der Waals surface area contributed by atoms with E-state index in [0.29, 0.717) is 38.6 Å². The molecule has 3 rings (SSSR count). The van der Waals surface area contributed by atoms with E-state index in [4.69, 9.17) is 23.2 Å². The van der Waals surface area contributed by atoms with Gasteiger partial charge in [-0.15, -0.1) is 0 Å². The van der Waals surface area contributed by atoms with Crippen LogP contribution >= 0.6 is 23.2 Å². The molecule has 1 aromatic heterocycles. The molecule has 0 amide bonds. The van der Waals surface area contributed by atoms with E-state index in [-0.39, 0.29) is 11.5 Å². The summed E-state index contributed by atoms with van der Waals surface area (Å²) in [7, 11) is 0. The topological polar surface area (TPSA) is 42.9 Å². The first-order chi connectivity index (χ1) is 10.1. The number of rotatable bonds is 2. The van der Waals surface area contributed by atoms with E-state index in [2.05, 4.69) is 9.97 Å². The van der Waals surface area contributed by atoms with Crippen molar-refractivity contribution in [2.45, 2.75) is 0 Å². The molecule has 0 saturated carbocycles. The van der Waals surface area contributed by atoms with Crippen LogP contribution in [0, 0.1) is 5.82 Å². The maximum absolute atomic E-state index is 13.0. The summed E-state index contributed by atoms with van der Waals surface area (Å²) in [6.45, 7) is 0. The Hall–Kier alpha value is -2.04. The molecule has 0 aliphatic rings. The number of aldehydes is 1. The fourth-order valence-electron chi connectivity index (χ4n) is 1.97. The second-order valence-electron chi connectivity index (χ2n) is 4.34. The van der Waals surface area contributed by atoms with Crippen molar-refractivity contribution in [2.24, 2.45) is 0 Å². The van der Waals surface area contributed by atoms with Gasteiger partial charge in [0.1, 0.15) is 17.2 Å². The Morgan fingerprint density at radius 1 is 0.952 bits per heavy atom. The van der Waals surface area contributed by atoms with E-state index in [9.17, 15) is 9.18 Å². The van der Waals surface area contributed by atoms with Gasteiger partial charge < -0.3 is 0 Å². The van der Waals surface area contributed by atoms with Gasteiger partial charge in [0.2, 0.25) is 0 Å². The molecule has 21 heavy (non-hydrogen) atoms. The predicted molar refractivity (Wildman–Crippen MR) is 80.3 cm³/mol. The van der Waals surface area contributed by atoms with E-state index in [1.807, 2.05) is 0 Å². The third-order valence-corrected chi connectivity index (χ3v) is 3.68. The zero-order valence-corrected chi connectivity index (χ0v) is 12.0.